The van der Waals surface area contributed by atoms with Crippen LogP contribution in [0.3, 0.4) is 0 Å². The lowest BCUT2D eigenvalue weighted by molar-refractivity contribution is 0.0384. The average Bonchev–Trinajstić information content (AvgIpc) is 2.66. The highest BCUT2D eigenvalue weighted by Crippen LogP contribution is 2.25. The molecule has 0 unspecified atom stereocenters. The monoisotopic (exact) mass is 363 g/mol. The van der Waals surface area contributed by atoms with Gasteiger partial charge < -0.3 is 9.57 Å². The Kier molecular flexibility index (Phi) is 5.69. The molecule has 2 aromatic heterocycles. The van der Waals surface area contributed by atoms with Gasteiger partial charge in [0.15, 0.2) is 0 Å². The number of nitrogens with zero attached hydrogens (tertiary/aromatic N) is 3. The van der Waals surface area contributed by atoms with Crippen molar-refractivity contribution in [2.45, 2.75) is 27.7 Å². The molecular formula is C22H25N3O2. The molecule has 0 atom stereocenters. The predicted octanol–water partition coefficient (Wildman–Crippen LogP) is 4.78. The van der Waals surface area contributed by atoms with Gasteiger partial charge in [-0.25, -0.2) is 0 Å². The van der Waals surface area contributed by atoms with Crippen LogP contribution in [-0.2, 0) is 4.84 Å². The second kappa shape index (κ2) is 8.16. The molecule has 5 nitrogen and oxygen atoms in total. The first-order valence-corrected chi connectivity index (χ1v) is 9.02. The van der Waals surface area contributed by atoms with Crippen LogP contribution in [-0.4, -0.2) is 28.9 Å². The Labute approximate surface area is 160 Å². The van der Waals surface area contributed by atoms with Crippen LogP contribution in [0.25, 0.3) is 10.9 Å². The summed E-state index contributed by atoms with van der Waals surface area (Å²) >= 11 is 0. The van der Waals surface area contributed by atoms with Crippen LogP contribution in [0.1, 0.15) is 32.2 Å². The number of aromatic nitrogens is 2. The van der Waals surface area contributed by atoms with Gasteiger partial charge in [0.1, 0.15) is 23.6 Å². The largest absolute Gasteiger partial charge is 0.491 e. The van der Waals surface area contributed by atoms with Crippen LogP contribution in [0.4, 0.5) is 0 Å². The molecule has 0 aliphatic heterocycles. The second-order valence-electron chi connectivity index (χ2n) is 7.40. The Morgan fingerprint density at radius 1 is 1.04 bits per heavy atom. The maximum absolute atomic E-state index is 6.04. The van der Waals surface area contributed by atoms with Gasteiger partial charge in [0.2, 0.25) is 0 Å². The Morgan fingerprint density at radius 2 is 1.81 bits per heavy atom. The number of pyridine rings is 2. The van der Waals surface area contributed by atoms with Crippen LogP contribution in [0, 0.1) is 12.3 Å². The van der Waals surface area contributed by atoms with Gasteiger partial charge >= 0.3 is 0 Å². The summed E-state index contributed by atoms with van der Waals surface area (Å²) in [4.78, 5) is 14.5. The summed E-state index contributed by atoms with van der Waals surface area (Å²) in [5, 5.41) is 5.28. The summed E-state index contributed by atoms with van der Waals surface area (Å²) in [5.41, 5.74) is 3.20. The van der Waals surface area contributed by atoms with E-state index in [-0.39, 0.29) is 5.41 Å². The lowest BCUT2D eigenvalue weighted by Crippen LogP contribution is -2.26. The molecule has 0 fully saturated rings. The zero-order chi connectivity index (χ0) is 19.3. The molecule has 0 saturated heterocycles. The van der Waals surface area contributed by atoms with E-state index in [0.717, 1.165) is 33.8 Å². The third-order valence-electron chi connectivity index (χ3n) is 4.13. The minimum absolute atomic E-state index is 0.208. The van der Waals surface area contributed by atoms with Crippen molar-refractivity contribution in [2.75, 3.05) is 13.2 Å². The standard InChI is InChI=1S/C22H25N3O2/c1-16-8-5-11-19(24-16)17(2)25-27-15-22(3,4)14-26-20-12-6-9-18-10-7-13-23-21(18)20/h5-13H,14-15H2,1-4H3/b25-17+. The number of para-hydroxylation sites is 1. The van der Waals surface area contributed by atoms with Crippen molar-refractivity contribution in [2.24, 2.45) is 10.6 Å². The summed E-state index contributed by atoms with van der Waals surface area (Å²) in [6.07, 6.45) is 1.78. The van der Waals surface area contributed by atoms with Crippen molar-refractivity contribution in [1.82, 2.24) is 9.97 Å². The molecule has 27 heavy (non-hydrogen) atoms. The first-order chi connectivity index (χ1) is 12.9. The maximum atomic E-state index is 6.04. The number of benzene rings is 1. The smallest absolute Gasteiger partial charge is 0.145 e. The van der Waals surface area contributed by atoms with Crippen molar-refractivity contribution in [3.8, 4) is 5.75 Å². The fraction of sp³-hybridized carbons (Fsp3) is 0.318. The molecule has 3 aromatic rings. The van der Waals surface area contributed by atoms with Crippen LogP contribution in [0.5, 0.6) is 5.75 Å². The maximum Gasteiger partial charge on any atom is 0.145 e. The zero-order valence-electron chi connectivity index (χ0n) is 16.3. The van der Waals surface area contributed by atoms with Gasteiger partial charge in [-0.2, -0.15) is 0 Å². The molecular weight excluding hydrogens is 338 g/mol. The molecule has 0 bridgehead atoms. The second-order valence-corrected chi connectivity index (χ2v) is 7.40. The molecule has 0 saturated carbocycles. The fourth-order valence-corrected chi connectivity index (χ4v) is 2.60. The highest BCUT2D eigenvalue weighted by atomic mass is 16.6. The summed E-state index contributed by atoms with van der Waals surface area (Å²) in [6.45, 7) is 8.96. The van der Waals surface area contributed by atoms with Gasteiger partial charge in [-0.1, -0.05) is 43.3 Å². The number of hydrogen-bond donors (Lipinski definition) is 0. The van der Waals surface area contributed by atoms with Crippen LogP contribution in [0.2, 0.25) is 0 Å². The summed E-state index contributed by atoms with van der Waals surface area (Å²) in [7, 11) is 0. The number of ether oxygens (including phenoxy) is 1. The molecule has 0 spiro atoms. The third kappa shape index (κ3) is 5.03. The predicted molar refractivity (Wildman–Crippen MR) is 108 cm³/mol. The molecule has 0 N–H and O–H groups in total. The SMILES string of the molecule is C/C(=N\OCC(C)(C)COc1cccc2cccnc12)c1cccc(C)n1. The summed E-state index contributed by atoms with van der Waals surface area (Å²) < 4.78 is 6.04. The first kappa shape index (κ1) is 18.8. The summed E-state index contributed by atoms with van der Waals surface area (Å²) in [6, 6.07) is 15.8. The minimum atomic E-state index is -0.208. The Bertz CT molecular complexity index is 946. The molecule has 5 heteroatoms. The van der Waals surface area contributed by atoms with Crippen molar-refractivity contribution in [3.63, 3.8) is 0 Å². The van der Waals surface area contributed by atoms with E-state index >= 15 is 0 Å². The zero-order valence-corrected chi connectivity index (χ0v) is 16.3. The molecule has 0 aliphatic rings. The number of hydrogen-bond acceptors (Lipinski definition) is 5. The molecule has 0 aliphatic carbocycles. The summed E-state index contributed by atoms with van der Waals surface area (Å²) in [5.74, 6) is 0.782. The van der Waals surface area contributed by atoms with Crippen molar-refractivity contribution < 1.29 is 9.57 Å². The van der Waals surface area contributed by atoms with Crippen molar-refractivity contribution >= 4 is 16.6 Å². The number of rotatable bonds is 7. The van der Waals surface area contributed by atoms with Gasteiger partial charge in [0.25, 0.3) is 0 Å². The molecule has 140 valence electrons. The van der Waals surface area contributed by atoms with Gasteiger partial charge in [-0.15, -0.1) is 0 Å². The van der Waals surface area contributed by atoms with Crippen LogP contribution in [0.15, 0.2) is 59.9 Å². The van der Waals surface area contributed by atoms with E-state index in [2.05, 4.69) is 29.0 Å². The normalized spacial score (nSPS) is 12.2. The van der Waals surface area contributed by atoms with E-state index in [9.17, 15) is 0 Å². The van der Waals surface area contributed by atoms with Crippen molar-refractivity contribution in [3.05, 3.63) is 66.1 Å². The number of aryl methyl sites for hydroxylation is 1. The number of oxime groups is 1. The fourth-order valence-electron chi connectivity index (χ4n) is 2.60. The van der Waals surface area contributed by atoms with Gasteiger partial charge in [-0.05, 0) is 38.1 Å². The lowest BCUT2D eigenvalue weighted by Gasteiger charge is -2.23. The minimum Gasteiger partial charge on any atom is -0.491 e. The van der Waals surface area contributed by atoms with Gasteiger partial charge in [0.05, 0.1) is 12.3 Å². The van der Waals surface area contributed by atoms with E-state index in [0.29, 0.717) is 13.2 Å². The van der Waals surface area contributed by atoms with E-state index in [1.165, 1.54) is 0 Å². The average molecular weight is 363 g/mol. The molecule has 0 amide bonds. The van der Waals surface area contributed by atoms with E-state index < -0.39 is 0 Å². The Morgan fingerprint density at radius 3 is 2.63 bits per heavy atom. The number of fused-ring (bicyclic) bond motifs is 1. The van der Waals surface area contributed by atoms with Crippen LogP contribution >= 0.6 is 0 Å². The van der Waals surface area contributed by atoms with E-state index in [4.69, 9.17) is 9.57 Å². The Hall–Kier alpha value is -2.95. The molecule has 2 heterocycles. The first-order valence-electron chi connectivity index (χ1n) is 9.02. The van der Waals surface area contributed by atoms with Crippen LogP contribution < -0.4 is 4.74 Å². The van der Waals surface area contributed by atoms with Crippen molar-refractivity contribution in [1.29, 1.82) is 0 Å². The van der Waals surface area contributed by atoms with E-state index in [1.54, 1.807) is 6.20 Å². The lowest BCUT2D eigenvalue weighted by atomic mass is 9.96. The highest BCUT2D eigenvalue weighted by Gasteiger charge is 2.21. The Balaban J connectivity index is 1.59. The highest BCUT2D eigenvalue weighted by molar-refractivity contribution is 5.96. The van der Waals surface area contributed by atoms with Gasteiger partial charge in [0, 0.05) is 22.7 Å². The third-order valence-corrected chi connectivity index (χ3v) is 4.13. The quantitative estimate of drug-likeness (QED) is 0.448. The topological polar surface area (TPSA) is 56.6 Å². The molecule has 0 radical (unpaired) electrons. The molecule has 3 rings (SSSR count). The van der Waals surface area contributed by atoms with E-state index in [1.807, 2.05) is 62.4 Å². The van der Waals surface area contributed by atoms with Gasteiger partial charge in [-0.3, -0.25) is 9.97 Å². The molecule has 1 aromatic carbocycles.